The van der Waals surface area contributed by atoms with E-state index < -0.39 is 6.04 Å². The highest BCUT2D eigenvalue weighted by atomic mass is 35.5. The maximum absolute atomic E-state index is 13.6. The number of nitrogen functional groups attached to an aromatic ring is 1. The van der Waals surface area contributed by atoms with Crippen LogP contribution in [0.1, 0.15) is 47.6 Å². The number of halogens is 1. The number of benzene rings is 2. The Morgan fingerprint density at radius 1 is 0.970 bits per heavy atom. The molecule has 2 aliphatic rings. The van der Waals surface area contributed by atoms with Crippen LogP contribution in [-0.4, -0.2) is 54.8 Å². The Bertz CT molecular complexity index is 968. The van der Waals surface area contributed by atoms with Crippen LogP contribution in [0, 0.1) is 11.8 Å². The molecule has 0 bridgehead atoms. The molecule has 2 saturated heterocycles. The number of amides is 2. The topological polar surface area (TPSA) is 78.7 Å². The molecule has 1 atom stereocenters. The minimum atomic E-state index is -0.740. The molecule has 0 unspecified atom stereocenters. The molecular formula is C26H33ClN4O2. The van der Waals surface area contributed by atoms with Gasteiger partial charge in [-0.2, -0.15) is 0 Å². The number of nitrogens with one attached hydrogen (secondary N) is 1. The highest BCUT2D eigenvalue weighted by Gasteiger charge is 2.33. The van der Waals surface area contributed by atoms with Crippen LogP contribution < -0.4 is 11.1 Å². The van der Waals surface area contributed by atoms with Gasteiger partial charge in [0.05, 0.1) is 10.7 Å². The van der Waals surface area contributed by atoms with Crippen molar-refractivity contribution in [1.82, 2.24) is 15.1 Å². The molecule has 0 radical (unpaired) electrons. The van der Waals surface area contributed by atoms with Crippen LogP contribution in [0.3, 0.4) is 0 Å². The number of hydrogen-bond acceptors (Lipinski definition) is 4. The van der Waals surface area contributed by atoms with Crippen LogP contribution in [0.15, 0.2) is 48.5 Å². The molecule has 0 aromatic heterocycles. The van der Waals surface area contributed by atoms with E-state index in [2.05, 4.69) is 17.3 Å². The van der Waals surface area contributed by atoms with Crippen molar-refractivity contribution in [2.45, 2.75) is 31.7 Å². The molecule has 0 saturated carbocycles. The molecule has 2 fully saturated rings. The van der Waals surface area contributed by atoms with Crippen molar-refractivity contribution < 1.29 is 9.59 Å². The largest absolute Gasteiger partial charge is 0.398 e. The van der Waals surface area contributed by atoms with Crippen molar-refractivity contribution in [3.63, 3.8) is 0 Å². The van der Waals surface area contributed by atoms with E-state index in [-0.39, 0.29) is 11.8 Å². The summed E-state index contributed by atoms with van der Waals surface area (Å²) in [5.74, 6) is 1.04. The highest BCUT2D eigenvalue weighted by molar-refractivity contribution is 6.33. The van der Waals surface area contributed by atoms with Gasteiger partial charge in [-0.05, 0) is 81.4 Å². The highest BCUT2D eigenvalue weighted by Crippen LogP contribution is 2.33. The first kappa shape index (κ1) is 23.6. The van der Waals surface area contributed by atoms with Gasteiger partial charge < -0.3 is 20.9 Å². The van der Waals surface area contributed by atoms with E-state index in [1.54, 1.807) is 12.1 Å². The van der Waals surface area contributed by atoms with Gasteiger partial charge in [0.15, 0.2) is 0 Å². The summed E-state index contributed by atoms with van der Waals surface area (Å²) in [6.45, 7) is 3.81. The number of piperidine rings is 2. The molecule has 2 aliphatic heterocycles. The molecule has 2 aromatic rings. The lowest BCUT2D eigenvalue weighted by Crippen LogP contribution is -2.47. The predicted molar refractivity (Wildman–Crippen MR) is 132 cm³/mol. The van der Waals surface area contributed by atoms with Crippen molar-refractivity contribution in [2.75, 3.05) is 39.0 Å². The maximum atomic E-state index is 13.6. The minimum absolute atomic E-state index is 0.0571. The zero-order chi connectivity index (χ0) is 23.4. The summed E-state index contributed by atoms with van der Waals surface area (Å²) >= 11 is 5.99. The number of anilines is 1. The zero-order valence-electron chi connectivity index (χ0n) is 19.2. The maximum Gasteiger partial charge on any atom is 0.252 e. The summed E-state index contributed by atoms with van der Waals surface area (Å²) in [6, 6.07) is 13.4. The van der Waals surface area contributed by atoms with E-state index in [1.165, 1.54) is 32.0 Å². The molecule has 2 aromatic carbocycles. The quantitative estimate of drug-likeness (QED) is 0.651. The second-order valence-corrected chi connectivity index (χ2v) is 9.76. The summed E-state index contributed by atoms with van der Waals surface area (Å²) in [5, 5.41) is 3.34. The lowest BCUT2D eigenvalue weighted by Gasteiger charge is -2.40. The molecule has 7 heteroatoms. The van der Waals surface area contributed by atoms with E-state index in [4.69, 9.17) is 17.3 Å². The molecule has 0 spiro atoms. The number of carbonyl (C=O) groups is 2. The van der Waals surface area contributed by atoms with Gasteiger partial charge in [-0.1, -0.05) is 41.9 Å². The van der Waals surface area contributed by atoms with E-state index in [0.717, 1.165) is 37.4 Å². The lowest BCUT2D eigenvalue weighted by atomic mass is 9.79. The van der Waals surface area contributed by atoms with E-state index in [9.17, 15) is 9.59 Å². The first-order valence-corrected chi connectivity index (χ1v) is 12.2. The number of carbonyl (C=O) groups excluding carboxylic acids is 2. The van der Waals surface area contributed by atoms with E-state index >= 15 is 0 Å². The van der Waals surface area contributed by atoms with Crippen molar-refractivity contribution in [3.05, 3.63) is 64.7 Å². The third-order valence-corrected chi connectivity index (χ3v) is 7.54. The fourth-order valence-electron chi connectivity index (χ4n) is 5.11. The van der Waals surface area contributed by atoms with Crippen molar-refractivity contribution >= 4 is 29.1 Å². The van der Waals surface area contributed by atoms with Gasteiger partial charge in [0.2, 0.25) is 5.91 Å². The first-order valence-electron chi connectivity index (χ1n) is 11.8. The number of likely N-dealkylation sites (tertiary alicyclic amines) is 2. The van der Waals surface area contributed by atoms with Crippen LogP contribution in [0.25, 0.3) is 0 Å². The van der Waals surface area contributed by atoms with Gasteiger partial charge in [0.25, 0.3) is 5.91 Å². The van der Waals surface area contributed by atoms with E-state index in [1.807, 2.05) is 35.2 Å². The Balaban J connectivity index is 1.44. The van der Waals surface area contributed by atoms with Crippen LogP contribution in [0.2, 0.25) is 5.02 Å². The molecule has 4 rings (SSSR count). The van der Waals surface area contributed by atoms with Crippen molar-refractivity contribution in [3.8, 4) is 0 Å². The second-order valence-electron chi connectivity index (χ2n) is 9.36. The summed E-state index contributed by atoms with van der Waals surface area (Å²) in [5.41, 5.74) is 7.36. The Morgan fingerprint density at radius 2 is 1.58 bits per heavy atom. The van der Waals surface area contributed by atoms with Gasteiger partial charge in [-0.15, -0.1) is 0 Å². The standard InChI is InChI=1S/C26H33ClN4O2/c1-30-13-9-18(10-14-30)19-11-15-31(16-12-19)26(33)24(20-5-3-2-4-6-20)29-25(32)21-7-8-22(27)23(28)17-21/h2-8,17-19,24H,9-16,28H2,1H3,(H,29,32)/t24-/m1/s1. The predicted octanol–water partition coefficient (Wildman–Crippen LogP) is 3.97. The number of hydrogen-bond donors (Lipinski definition) is 2. The summed E-state index contributed by atoms with van der Waals surface area (Å²) in [6.07, 6.45) is 4.57. The molecule has 6 nitrogen and oxygen atoms in total. The molecular weight excluding hydrogens is 436 g/mol. The molecule has 2 amide bonds. The van der Waals surface area contributed by atoms with Crippen LogP contribution in [0.4, 0.5) is 5.69 Å². The minimum Gasteiger partial charge on any atom is -0.398 e. The number of nitrogens with two attached hydrogens (primary N) is 1. The first-order chi connectivity index (χ1) is 15.9. The van der Waals surface area contributed by atoms with Gasteiger partial charge in [-0.3, -0.25) is 9.59 Å². The Labute approximate surface area is 201 Å². The van der Waals surface area contributed by atoms with Crippen LogP contribution in [-0.2, 0) is 4.79 Å². The molecule has 33 heavy (non-hydrogen) atoms. The third-order valence-electron chi connectivity index (χ3n) is 7.19. The average molecular weight is 469 g/mol. The molecule has 0 aliphatic carbocycles. The molecule has 2 heterocycles. The third kappa shape index (κ3) is 5.68. The SMILES string of the molecule is CN1CCC(C2CCN(C(=O)[C@H](NC(=O)c3ccc(Cl)c(N)c3)c3ccccc3)CC2)CC1. The summed E-state index contributed by atoms with van der Waals surface area (Å²) in [7, 11) is 2.19. The number of rotatable bonds is 5. The Kier molecular flexibility index (Phi) is 7.56. The number of nitrogens with zero attached hydrogens (tertiary/aromatic N) is 2. The van der Waals surface area contributed by atoms with Gasteiger partial charge >= 0.3 is 0 Å². The fourth-order valence-corrected chi connectivity index (χ4v) is 5.22. The van der Waals surface area contributed by atoms with Crippen molar-refractivity contribution in [1.29, 1.82) is 0 Å². The van der Waals surface area contributed by atoms with Crippen LogP contribution >= 0.6 is 11.6 Å². The van der Waals surface area contributed by atoms with Crippen LogP contribution in [0.5, 0.6) is 0 Å². The summed E-state index contributed by atoms with van der Waals surface area (Å²) < 4.78 is 0. The normalized spacial score (nSPS) is 19.3. The smallest absolute Gasteiger partial charge is 0.252 e. The van der Waals surface area contributed by atoms with Gasteiger partial charge in [0.1, 0.15) is 6.04 Å². The van der Waals surface area contributed by atoms with E-state index in [0.29, 0.717) is 22.2 Å². The zero-order valence-corrected chi connectivity index (χ0v) is 19.9. The Morgan fingerprint density at radius 3 is 2.18 bits per heavy atom. The molecule has 3 N–H and O–H groups in total. The summed E-state index contributed by atoms with van der Waals surface area (Å²) in [4.78, 5) is 30.9. The van der Waals surface area contributed by atoms with Gasteiger partial charge in [0, 0.05) is 18.7 Å². The lowest BCUT2D eigenvalue weighted by molar-refractivity contribution is -0.135. The Hall–Kier alpha value is -2.57. The fraction of sp³-hybridized carbons (Fsp3) is 0.462. The van der Waals surface area contributed by atoms with Gasteiger partial charge in [-0.25, -0.2) is 0 Å². The monoisotopic (exact) mass is 468 g/mol. The second kappa shape index (κ2) is 10.6. The average Bonchev–Trinajstić information content (AvgIpc) is 2.85. The van der Waals surface area contributed by atoms with Crippen molar-refractivity contribution in [2.24, 2.45) is 11.8 Å². The molecule has 176 valence electrons.